The number of hydrogen-bond acceptors (Lipinski definition) is 3. The third kappa shape index (κ3) is 4.29. The molecule has 4 heteroatoms. The number of carbonyl (C=O) groups excluding carboxylic acids is 1. The largest absolute Gasteiger partial charge is 0.468 e. The van der Waals surface area contributed by atoms with E-state index in [4.69, 9.17) is 4.42 Å². The normalized spacial score (nSPS) is 13.6. The fraction of sp³-hybridized carbons (Fsp3) is 0.261. The first-order valence-electron chi connectivity index (χ1n) is 9.46. The Kier molecular flexibility index (Phi) is 5.35. The maximum Gasteiger partial charge on any atom is 0.241 e. The molecular weight excluding hydrogens is 336 g/mol. The van der Waals surface area contributed by atoms with Crippen LogP contribution in [0.5, 0.6) is 0 Å². The molecule has 1 aliphatic heterocycles. The van der Waals surface area contributed by atoms with Gasteiger partial charge >= 0.3 is 0 Å². The Bertz CT molecular complexity index is 874. The fourth-order valence-electron chi connectivity index (χ4n) is 3.70. The van der Waals surface area contributed by atoms with Gasteiger partial charge in [0.2, 0.25) is 5.91 Å². The summed E-state index contributed by atoms with van der Waals surface area (Å²) in [6, 6.07) is 22.3. The van der Waals surface area contributed by atoms with Gasteiger partial charge in [-0.05, 0) is 42.2 Å². The molecule has 0 N–H and O–H groups in total. The van der Waals surface area contributed by atoms with Gasteiger partial charge in [0.25, 0.3) is 0 Å². The molecular formula is C23H24N2O2. The van der Waals surface area contributed by atoms with Gasteiger partial charge in [-0.15, -0.1) is 0 Å². The van der Waals surface area contributed by atoms with Crippen LogP contribution in [0.25, 0.3) is 0 Å². The number of anilines is 1. The van der Waals surface area contributed by atoms with Crippen molar-refractivity contribution in [3.8, 4) is 0 Å². The number of rotatable bonds is 6. The van der Waals surface area contributed by atoms with Gasteiger partial charge in [-0.25, -0.2) is 0 Å². The van der Waals surface area contributed by atoms with E-state index in [1.807, 2.05) is 47.4 Å². The Hall–Kier alpha value is -2.85. The van der Waals surface area contributed by atoms with Crippen LogP contribution in [0.2, 0.25) is 0 Å². The molecule has 1 aliphatic rings. The number of para-hydroxylation sites is 1. The highest BCUT2D eigenvalue weighted by Gasteiger charge is 2.24. The van der Waals surface area contributed by atoms with Crippen LogP contribution in [0, 0.1) is 0 Å². The Labute approximate surface area is 160 Å². The minimum Gasteiger partial charge on any atom is -0.468 e. The van der Waals surface area contributed by atoms with Gasteiger partial charge in [0.05, 0.1) is 19.4 Å². The number of fused-ring (bicyclic) bond motifs is 1. The summed E-state index contributed by atoms with van der Waals surface area (Å²) < 4.78 is 5.52. The second-order valence-electron chi connectivity index (χ2n) is 6.99. The van der Waals surface area contributed by atoms with Crippen LogP contribution in [0.4, 0.5) is 5.69 Å². The average molecular weight is 360 g/mol. The molecule has 0 saturated heterocycles. The Balaban J connectivity index is 1.51. The van der Waals surface area contributed by atoms with Crippen LogP contribution in [-0.2, 0) is 24.3 Å². The second kappa shape index (κ2) is 8.23. The topological polar surface area (TPSA) is 36.7 Å². The van der Waals surface area contributed by atoms with E-state index in [1.54, 1.807) is 6.26 Å². The highest BCUT2D eigenvalue weighted by molar-refractivity contribution is 5.95. The van der Waals surface area contributed by atoms with Crippen molar-refractivity contribution in [1.82, 2.24) is 4.90 Å². The smallest absolute Gasteiger partial charge is 0.241 e. The summed E-state index contributed by atoms with van der Waals surface area (Å²) in [5.41, 5.74) is 3.51. The lowest BCUT2D eigenvalue weighted by atomic mass is 10.0. The molecule has 27 heavy (non-hydrogen) atoms. The van der Waals surface area contributed by atoms with Crippen molar-refractivity contribution in [3.05, 3.63) is 89.9 Å². The van der Waals surface area contributed by atoms with Crippen LogP contribution in [0.1, 0.15) is 23.3 Å². The lowest BCUT2D eigenvalue weighted by molar-refractivity contribution is -0.120. The van der Waals surface area contributed by atoms with Gasteiger partial charge in [-0.2, -0.15) is 0 Å². The van der Waals surface area contributed by atoms with E-state index in [-0.39, 0.29) is 5.91 Å². The molecule has 0 aliphatic carbocycles. The molecule has 0 unspecified atom stereocenters. The molecule has 0 radical (unpaired) electrons. The molecule has 4 rings (SSSR count). The Morgan fingerprint density at radius 1 is 0.963 bits per heavy atom. The number of benzene rings is 2. The van der Waals surface area contributed by atoms with Gasteiger partial charge < -0.3 is 9.32 Å². The molecule has 3 aromatic rings. The summed E-state index contributed by atoms with van der Waals surface area (Å²) >= 11 is 0. The number of amides is 1. The molecule has 138 valence electrons. The molecule has 4 nitrogen and oxygen atoms in total. The molecule has 2 heterocycles. The van der Waals surface area contributed by atoms with Gasteiger partial charge in [-0.3, -0.25) is 9.69 Å². The van der Waals surface area contributed by atoms with E-state index >= 15 is 0 Å². The molecule has 0 saturated carbocycles. The van der Waals surface area contributed by atoms with Crippen molar-refractivity contribution < 1.29 is 9.21 Å². The summed E-state index contributed by atoms with van der Waals surface area (Å²) in [7, 11) is 0. The average Bonchev–Trinajstić information content (AvgIpc) is 3.21. The second-order valence-corrected chi connectivity index (χ2v) is 6.99. The number of hydrogen-bond donors (Lipinski definition) is 0. The number of aryl methyl sites for hydroxylation is 1. The molecule has 0 bridgehead atoms. The Morgan fingerprint density at radius 3 is 2.59 bits per heavy atom. The van der Waals surface area contributed by atoms with E-state index in [1.165, 1.54) is 11.1 Å². The monoisotopic (exact) mass is 360 g/mol. The minimum atomic E-state index is 0.143. The van der Waals surface area contributed by atoms with Crippen LogP contribution in [0.15, 0.2) is 77.4 Å². The first-order chi connectivity index (χ1) is 13.3. The third-order valence-corrected chi connectivity index (χ3v) is 4.98. The predicted molar refractivity (Wildman–Crippen MR) is 106 cm³/mol. The maximum atomic E-state index is 13.1. The number of furan rings is 1. The molecule has 1 amide bonds. The van der Waals surface area contributed by atoms with Crippen molar-refractivity contribution in [2.24, 2.45) is 0 Å². The number of carbonyl (C=O) groups is 1. The van der Waals surface area contributed by atoms with Gasteiger partial charge in [-0.1, -0.05) is 48.5 Å². The van der Waals surface area contributed by atoms with Crippen molar-refractivity contribution in [2.45, 2.75) is 25.9 Å². The van der Waals surface area contributed by atoms with Crippen LogP contribution >= 0.6 is 0 Å². The molecule has 2 aromatic carbocycles. The van der Waals surface area contributed by atoms with E-state index in [2.05, 4.69) is 29.2 Å². The third-order valence-electron chi connectivity index (χ3n) is 4.98. The highest BCUT2D eigenvalue weighted by atomic mass is 16.3. The molecule has 0 fully saturated rings. The molecule has 0 spiro atoms. The van der Waals surface area contributed by atoms with Crippen molar-refractivity contribution in [2.75, 3.05) is 18.0 Å². The van der Waals surface area contributed by atoms with Crippen molar-refractivity contribution in [3.63, 3.8) is 0 Å². The van der Waals surface area contributed by atoms with E-state index < -0.39 is 0 Å². The summed E-state index contributed by atoms with van der Waals surface area (Å²) in [6.45, 7) is 2.48. The zero-order chi connectivity index (χ0) is 18.5. The van der Waals surface area contributed by atoms with Crippen molar-refractivity contribution in [1.29, 1.82) is 0 Å². The van der Waals surface area contributed by atoms with Crippen LogP contribution in [0.3, 0.4) is 0 Å². The molecule has 0 atom stereocenters. The van der Waals surface area contributed by atoms with E-state index in [0.717, 1.165) is 30.8 Å². The quantitative estimate of drug-likeness (QED) is 0.659. The lowest BCUT2D eigenvalue weighted by Gasteiger charge is -2.31. The number of nitrogens with zero attached hydrogens (tertiary/aromatic N) is 2. The highest BCUT2D eigenvalue weighted by Crippen LogP contribution is 2.27. The molecule has 1 aromatic heterocycles. The predicted octanol–water partition coefficient (Wildman–Crippen LogP) is 4.26. The van der Waals surface area contributed by atoms with E-state index in [9.17, 15) is 4.79 Å². The lowest BCUT2D eigenvalue weighted by Crippen LogP contribution is -2.42. The standard InChI is InChI=1S/C23H24N2O2/c26-23(25-14-6-11-20-10-4-5-13-22(20)25)18-24(17-21-12-7-15-27-21)16-19-8-2-1-3-9-19/h1-5,7-10,12-13,15H,6,11,14,16-18H2. The maximum absolute atomic E-state index is 13.1. The van der Waals surface area contributed by atoms with Crippen molar-refractivity contribution >= 4 is 11.6 Å². The van der Waals surface area contributed by atoms with Crippen LogP contribution < -0.4 is 4.90 Å². The zero-order valence-corrected chi connectivity index (χ0v) is 15.4. The van der Waals surface area contributed by atoms with E-state index in [0.29, 0.717) is 19.6 Å². The fourth-order valence-corrected chi connectivity index (χ4v) is 3.70. The SMILES string of the molecule is O=C(CN(Cc1ccccc1)Cc1ccco1)N1CCCc2ccccc21. The summed E-state index contributed by atoms with van der Waals surface area (Å²) in [5, 5.41) is 0. The first-order valence-corrected chi connectivity index (χ1v) is 9.46. The summed E-state index contributed by atoms with van der Waals surface area (Å²) in [6.07, 6.45) is 3.73. The summed E-state index contributed by atoms with van der Waals surface area (Å²) in [4.78, 5) is 17.2. The van der Waals surface area contributed by atoms with Gasteiger partial charge in [0.15, 0.2) is 0 Å². The first kappa shape index (κ1) is 17.6. The van der Waals surface area contributed by atoms with Gasteiger partial charge in [0, 0.05) is 18.8 Å². The summed E-state index contributed by atoms with van der Waals surface area (Å²) in [5.74, 6) is 1.02. The van der Waals surface area contributed by atoms with Gasteiger partial charge in [0.1, 0.15) is 5.76 Å². The zero-order valence-electron chi connectivity index (χ0n) is 15.4. The Morgan fingerprint density at radius 2 is 1.78 bits per heavy atom. The minimum absolute atomic E-state index is 0.143. The van der Waals surface area contributed by atoms with Crippen LogP contribution in [-0.4, -0.2) is 23.9 Å².